The van der Waals surface area contributed by atoms with Crippen LogP contribution in [0, 0.1) is 0 Å². The molecule has 0 aliphatic carbocycles. The Hall–Kier alpha value is -3.70. The van der Waals surface area contributed by atoms with Crippen molar-refractivity contribution < 1.29 is 46.7 Å². The molecule has 196 valence electrons. The largest absolute Gasteiger partial charge is 0.593 e. The zero-order chi connectivity index (χ0) is 26.8. The monoisotopic (exact) mass is 532 g/mol. The fourth-order valence-electron chi connectivity index (χ4n) is 3.51. The molecule has 4 rings (SSSR count). The second kappa shape index (κ2) is 10.3. The van der Waals surface area contributed by atoms with Gasteiger partial charge in [0.25, 0.3) is 0 Å². The van der Waals surface area contributed by atoms with Gasteiger partial charge in [-0.3, -0.25) is 9.59 Å². The van der Waals surface area contributed by atoms with E-state index < -0.39 is 50.4 Å². The molecule has 2 atom stereocenters. The third-order valence-electron chi connectivity index (χ3n) is 5.34. The lowest BCUT2D eigenvalue weighted by Crippen LogP contribution is -2.53. The number of para-hydroxylation sites is 2. The van der Waals surface area contributed by atoms with Crippen molar-refractivity contribution in [3.63, 3.8) is 0 Å². The summed E-state index contributed by atoms with van der Waals surface area (Å²) in [6, 6.07) is 10.1. The number of carbonyl (C=O) groups excluding carboxylic acids is 3. The summed E-state index contributed by atoms with van der Waals surface area (Å²) in [4.78, 5) is 38.1. The Labute approximate surface area is 212 Å². The first-order valence-electron chi connectivity index (χ1n) is 11.1. The van der Waals surface area contributed by atoms with E-state index in [1.807, 2.05) is 0 Å². The van der Waals surface area contributed by atoms with Gasteiger partial charge in [-0.1, -0.05) is 43.0 Å². The maximum atomic E-state index is 14.2. The van der Waals surface area contributed by atoms with E-state index in [4.69, 9.17) is 39.2 Å². The van der Waals surface area contributed by atoms with Gasteiger partial charge in [-0.2, -0.15) is 4.52 Å². The Morgan fingerprint density at radius 2 is 1.43 bits per heavy atom. The zero-order valence-electron chi connectivity index (χ0n) is 19.8. The molecule has 0 amide bonds. The lowest BCUT2D eigenvalue weighted by molar-refractivity contribution is -0.328. The van der Waals surface area contributed by atoms with Gasteiger partial charge in [0.15, 0.2) is 6.61 Å². The quantitative estimate of drug-likeness (QED) is 0.334. The summed E-state index contributed by atoms with van der Waals surface area (Å²) in [5.41, 5.74) is 12.8. The summed E-state index contributed by atoms with van der Waals surface area (Å²) in [7, 11) is -4.86. The standard InChI is InChI=1S/C24H25N2O10P/c1-14(2)21(27)31-13-24-32-22(28)17(25)11-15-7-3-5-9-19(15)34-37(30,36-24)35-20-10-6-4-8-16(20)12-18(26)23(29)33-24/h3-10,17-18H,1,11-13,25-26H2,2H3. The minimum Gasteiger partial charge on any atom is -0.451 e. The van der Waals surface area contributed by atoms with E-state index in [-0.39, 0.29) is 29.9 Å². The Balaban J connectivity index is 1.88. The Kier molecular flexibility index (Phi) is 7.37. The van der Waals surface area contributed by atoms with Crippen LogP contribution in [0.2, 0.25) is 0 Å². The van der Waals surface area contributed by atoms with Crippen LogP contribution < -0.4 is 20.5 Å². The second-order valence-corrected chi connectivity index (χ2v) is 9.88. The minimum atomic E-state index is -4.86. The highest BCUT2D eigenvalue weighted by Gasteiger charge is 2.54. The van der Waals surface area contributed by atoms with E-state index in [1.165, 1.54) is 19.1 Å². The van der Waals surface area contributed by atoms with Crippen LogP contribution in [0.3, 0.4) is 0 Å². The molecule has 2 aliphatic heterocycles. The van der Waals surface area contributed by atoms with Crippen LogP contribution in [0.25, 0.3) is 0 Å². The molecule has 0 aromatic heterocycles. The van der Waals surface area contributed by atoms with Crippen LogP contribution in [0.4, 0.5) is 0 Å². The fraction of sp³-hybridized carbons (Fsp3) is 0.292. The molecular weight excluding hydrogens is 507 g/mol. The summed E-state index contributed by atoms with van der Waals surface area (Å²) >= 11 is 0. The van der Waals surface area contributed by atoms with E-state index >= 15 is 0 Å². The fourth-order valence-corrected chi connectivity index (χ4v) is 4.93. The van der Waals surface area contributed by atoms with Gasteiger partial charge in [0.05, 0.1) is 0 Å². The van der Waals surface area contributed by atoms with Crippen LogP contribution in [0.1, 0.15) is 18.1 Å². The van der Waals surface area contributed by atoms with Gasteiger partial charge in [-0.05, 0) is 30.2 Å². The van der Waals surface area contributed by atoms with Crippen molar-refractivity contribution in [3.05, 3.63) is 71.8 Å². The molecule has 0 radical (unpaired) electrons. The molecule has 0 saturated carbocycles. The van der Waals surface area contributed by atoms with Gasteiger partial charge in [0.1, 0.15) is 23.6 Å². The van der Waals surface area contributed by atoms with Crippen molar-refractivity contribution >= 4 is 25.7 Å². The predicted octanol–water partition coefficient (Wildman–Crippen LogP) is 1.90. The second-order valence-electron chi connectivity index (χ2n) is 8.44. The third kappa shape index (κ3) is 6.00. The van der Waals surface area contributed by atoms with Crippen molar-refractivity contribution in [2.45, 2.75) is 37.8 Å². The van der Waals surface area contributed by atoms with Crippen LogP contribution in [0.5, 0.6) is 11.5 Å². The molecule has 37 heavy (non-hydrogen) atoms. The van der Waals surface area contributed by atoms with E-state index in [9.17, 15) is 18.9 Å². The molecule has 0 saturated heterocycles. The van der Waals surface area contributed by atoms with Gasteiger partial charge in [-0.15, -0.1) is 0 Å². The number of rotatable bonds is 3. The molecule has 2 unspecified atom stereocenters. The van der Waals surface area contributed by atoms with E-state index in [1.54, 1.807) is 36.4 Å². The molecule has 0 spiro atoms. The Morgan fingerprint density at radius 3 is 1.89 bits per heavy atom. The van der Waals surface area contributed by atoms with Crippen LogP contribution >= 0.6 is 7.82 Å². The van der Waals surface area contributed by atoms with Crippen LogP contribution in [-0.4, -0.2) is 42.6 Å². The number of ether oxygens (including phenoxy) is 3. The summed E-state index contributed by atoms with van der Waals surface area (Å²) < 4.78 is 46.9. The minimum absolute atomic E-state index is 0.0271. The van der Waals surface area contributed by atoms with Gasteiger partial charge < -0.3 is 34.7 Å². The number of benzene rings is 2. The number of fused-ring (bicyclic) bond motifs is 4. The number of hydrogen-bond acceptors (Lipinski definition) is 12. The highest BCUT2D eigenvalue weighted by molar-refractivity contribution is 7.49. The van der Waals surface area contributed by atoms with Crippen LogP contribution in [0.15, 0.2) is 60.7 Å². The molecule has 2 aromatic rings. The number of carbonyl (C=O) groups is 3. The summed E-state index contributed by atoms with van der Waals surface area (Å²) in [5.74, 6) is -6.05. The van der Waals surface area contributed by atoms with Crippen molar-refractivity contribution in [2.24, 2.45) is 11.5 Å². The normalized spacial score (nSPS) is 27.5. The van der Waals surface area contributed by atoms with Gasteiger partial charge in [0, 0.05) is 18.4 Å². The first kappa shape index (κ1) is 26.4. The first-order chi connectivity index (χ1) is 17.5. The highest BCUT2D eigenvalue weighted by Crippen LogP contribution is 2.55. The number of phosphoric acid groups is 1. The number of phosphoric ester groups is 1. The molecular formula is C24H25N2O10P. The zero-order valence-corrected chi connectivity index (χ0v) is 20.7. The van der Waals surface area contributed by atoms with E-state index in [0.717, 1.165) is 0 Å². The number of hydrogen-bond donors (Lipinski definition) is 2. The van der Waals surface area contributed by atoms with Crippen molar-refractivity contribution in [1.82, 2.24) is 0 Å². The molecule has 4 N–H and O–H groups in total. The van der Waals surface area contributed by atoms with Gasteiger partial charge >= 0.3 is 31.7 Å². The van der Waals surface area contributed by atoms with Crippen LogP contribution in [-0.2, 0) is 50.5 Å². The summed E-state index contributed by atoms with van der Waals surface area (Å²) in [6.07, 6.45) is -0.221. The van der Waals surface area contributed by atoms with Gasteiger partial charge in [-0.25, -0.2) is 9.36 Å². The Morgan fingerprint density at radius 1 is 0.973 bits per heavy atom. The Bertz CT molecular complexity index is 1220. The van der Waals surface area contributed by atoms with E-state index in [0.29, 0.717) is 11.1 Å². The molecule has 0 fully saturated rings. The average molecular weight is 532 g/mol. The lowest BCUT2D eigenvalue weighted by Gasteiger charge is -2.36. The van der Waals surface area contributed by atoms with Crippen molar-refractivity contribution in [3.8, 4) is 11.5 Å². The molecule has 2 heterocycles. The first-order valence-corrected chi connectivity index (χ1v) is 12.6. The maximum Gasteiger partial charge on any atom is 0.593 e. The molecule has 2 aliphatic rings. The smallest absolute Gasteiger partial charge is 0.451 e. The topological polar surface area (TPSA) is 176 Å². The van der Waals surface area contributed by atoms with Crippen molar-refractivity contribution in [1.29, 1.82) is 0 Å². The number of nitrogens with two attached hydrogens (primary N) is 2. The molecule has 2 bridgehead atoms. The van der Waals surface area contributed by atoms with E-state index in [2.05, 4.69) is 6.58 Å². The maximum absolute atomic E-state index is 14.2. The molecule has 13 heteroatoms. The lowest BCUT2D eigenvalue weighted by atomic mass is 10.1. The highest BCUT2D eigenvalue weighted by atomic mass is 31.2. The average Bonchev–Trinajstić information content (AvgIpc) is 2.83. The SMILES string of the molecule is C=C(C)C(=O)OCC12OC(=O)C(N)Cc3ccccc3OP(=O)(Oc3ccccc3CC(N)C(=O)O1)O2. The predicted molar refractivity (Wildman–Crippen MR) is 127 cm³/mol. The molecule has 2 aromatic carbocycles. The summed E-state index contributed by atoms with van der Waals surface area (Å²) in [5, 5.41) is 0. The number of esters is 3. The third-order valence-corrected chi connectivity index (χ3v) is 6.68. The van der Waals surface area contributed by atoms with Crippen molar-refractivity contribution in [2.75, 3.05) is 6.61 Å². The van der Waals surface area contributed by atoms with Gasteiger partial charge in [0.2, 0.25) is 0 Å². The molecule has 12 nitrogen and oxygen atoms in total. The summed E-state index contributed by atoms with van der Waals surface area (Å²) in [6.45, 7) is 3.76.